The number of anilines is 2. The van der Waals surface area contributed by atoms with Gasteiger partial charge in [0, 0.05) is 20.1 Å². The van der Waals surface area contributed by atoms with Crippen LogP contribution in [0.4, 0.5) is 20.7 Å². The van der Waals surface area contributed by atoms with Gasteiger partial charge in [0.05, 0.1) is 0 Å². The number of halogens is 2. The Morgan fingerprint density at radius 3 is 2.28 bits per heavy atom. The van der Waals surface area contributed by atoms with Gasteiger partial charge in [-0.25, -0.2) is 4.39 Å². The number of hydrogen-bond donors (Lipinski definition) is 2. The fourth-order valence-corrected chi connectivity index (χ4v) is 2.84. The fourth-order valence-electron chi connectivity index (χ4n) is 2.84. The Morgan fingerprint density at radius 2 is 1.55 bits per heavy atom. The van der Waals surface area contributed by atoms with Gasteiger partial charge in [-0.2, -0.15) is 19.3 Å². The Morgan fingerprint density at radius 1 is 0.897 bits per heavy atom. The molecule has 2 N–H and O–H groups in total. The van der Waals surface area contributed by atoms with Gasteiger partial charge < -0.3 is 15.3 Å². The van der Waals surface area contributed by atoms with Crippen molar-refractivity contribution in [3.63, 3.8) is 0 Å². The molecule has 3 aromatic rings. The van der Waals surface area contributed by atoms with Crippen LogP contribution in [0.3, 0.4) is 0 Å². The minimum atomic E-state index is -0.840. The molecule has 0 aliphatic carbocycles. The van der Waals surface area contributed by atoms with Gasteiger partial charge in [0.25, 0.3) is 0 Å². The number of aryl methyl sites for hydroxylation is 1. The molecule has 0 bridgehead atoms. The maximum atomic E-state index is 13.8. The van der Waals surface area contributed by atoms with Crippen LogP contribution in [-0.2, 0) is 12.8 Å². The van der Waals surface area contributed by atoms with Crippen molar-refractivity contribution in [3.8, 4) is 5.75 Å². The van der Waals surface area contributed by atoms with Crippen LogP contribution in [0, 0.1) is 11.9 Å². The molecule has 152 valence electrons. The number of phenolic OH excluding ortho intramolecular Hbond substituents is 1. The van der Waals surface area contributed by atoms with Crippen LogP contribution in [-0.4, -0.2) is 40.2 Å². The topological polar surface area (TPSA) is 74.2 Å². The molecule has 0 saturated heterocycles. The fraction of sp³-hybridized carbons (Fsp3) is 0.286. The Labute approximate surface area is 168 Å². The number of benzene rings is 2. The monoisotopic (exact) mass is 399 g/mol. The summed E-state index contributed by atoms with van der Waals surface area (Å²) in [5, 5.41) is 12.3. The van der Waals surface area contributed by atoms with Crippen LogP contribution < -0.4 is 10.2 Å². The SMILES string of the molecule is CN(CCCc1ccc(F)cc1)c1nc(F)nc(NCCc2ccc(O)cc2)n1. The summed E-state index contributed by atoms with van der Waals surface area (Å²) in [7, 11) is 1.79. The lowest BCUT2D eigenvalue weighted by Crippen LogP contribution is -2.23. The second-order valence-corrected chi connectivity index (χ2v) is 6.72. The Bertz CT molecular complexity index is 919. The second-order valence-electron chi connectivity index (χ2n) is 6.72. The van der Waals surface area contributed by atoms with Gasteiger partial charge in [-0.05, 0) is 54.7 Å². The first-order valence-electron chi connectivity index (χ1n) is 9.38. The zero-order valence-electron chi connectivity index (χ0n) is 16.1. The van der Waals surface area contributed by atoms with E-state index in [1.165, 1.54) is 12.1 Å². The number of aromatic hydroxyl groups is 1. The maximum absolute atomic E-state index is 13.8. The summed E-state index contributed by atoms with van der Waals surface area (Å²) in [4.78, 5) is 13.5. The first kappa shape index (κ1) is 20.4. The first-order chi connectivity index (χ1) is 14.0. The van der Waals surface area contributed by atoms with Crippen molar-refractivity contribution in [1.29, 1.82) is 0 Å². The lowest BCUT2D eigenvalue weighted by molar-refractivity contribution is 0.475. The number of nitrogens with one attached hydrogen (secondary N) is 1. The summed E-state index contributed by atoms with van der Waals surface area (Å²) in [6, 6.07) is 13.3. The number of rotatable bonds is 9. The molecule has 0 spiro atoms. The van der Waals surface area contributed by atoms with E-state index in [1.54, 1.807) is 36.2 Å². The molecule has 0 amide bonds. The van der Waals surface area contributed by atoms with Crippen molar-refractivity contribution in [3.05, 3.63) is 71.6 Å². The number of hydrogen-bond acceptors (Lipinski definition) is 6. The smallest absolute Gasteiger partial charge is 0.315 e. The molecule has 0 radical (unpaired) electrons. The lowest BCUT2D eigenvalue weighted by atomic mass is 10.1. The molecule has 0 unspecified atom stereocenters. The predicted molar refractivity (Wildman–Crippen MR) is 108 cm³/mol. The first-order valence-corrected chi connectivity index (χ1v) is 9.38. The van der Waals surface area contributed by atoms with Gasteiger partial charge in [-0.15, -0.1) is 0 Å². The molecule has 0 aliphatic rings. The van der Waals surface area contributed by atoms with Crippen molar-refractivity contribution >= 4 is 11.9 Å². The van der Waals surface area contributed by atoms with E-state index in [-0.39, 0.29) is 23.5 Å². The standard InChI is InChI=1S/C21H23F2N5O/c1-28(14-2-3-15-4-8-17(22)9-5-15)21-26-19(23)25-20(27-21)24-13-12-16-6-10-18(29)11-7-16/h4-11,29H,2-3,12-14H2,1H3,(H,24,25,26,27). The van der Waals surface area contributed by atoms with Gasteiger partial charge in [-0.3, -0.25) is 0 Å². The zero-order valence-corrected chi connectivity index (χ0v) is 16.1. The number of nitrogens with zero attached hydrogens (tertiary/aromatic N) is 4. The van der Waals surface area contributed by atoms with Crippen LogP contribution in [0.2, 0.25) is 0 Å². The Hall–Kier alpha value is -3.29. The van der Waals surface area contributed by atoms with Crippen LogP contribution >= 0.6 is 0 Å². The van der Waals surface area contributed by atoms with Gasteiger partial charge in [0.15, 0.2) is 0 Å². The highest BCUT2D eigenvalue weighted by molar-refractivity contribution is 5.35. The van der Waals surface area contributed by atoms with E-state index < -0.39 is 6.08 Å². The normalized spacial score (nSPS) is 10.7. The molecule has 2 aromatic carbocycles. The molecule has 0 saturated carbocycles. The summed E-state index contributed by atoms with van der Waals surface area (Å²) in [5.41, 5.74) is 2.07. The van der Waals surface area contributed by atoms with E-state index in [0.29, 0.717) is 19.5 Å². The highest BCUT2D eigenvalue weighted by Crippen LogP contribution is 2.13. The summed E-state index contributed by atoms with van der Waals surface area (Å²) >= 11 is 0. The van der Waals surface area contributed by atoms with E-state index in [9.17, 15) is 13.9 Å². The van der Waals surface area contributed by atoms with Crippen molar-refractivity contribution in [1.82, 2.24) is 15.0 Å². The zero-order chi connectivity index (χ0) is 20.6. The van der Waals surface area contributed by atoms with Crippen molar-refractivity contribution < 1.29 is 13.9 Å². The van der Waals surface area contributed by atoms with E-state index in [1.807, 2.05) is 12.1 Å². The van der Waals surface area contributed by atoms with Gasteiger partial charge in [-0.1, -0.05) is 24.3 Å². The van der Waals surface area contributed by atoms with Gasteiger partial charge in [0.2, 0.25) is 11.9 Å². The molecule has 1 heterocycles. The third kappa shape index (κ3) is 6.38. The highest BCUT2D eigenvalue weighted by atomic mass is 19.1. The van der Waals surface area contributed by atoms with Gasteiger partial charge >= 0.3 is 6.08 Å². The Kier molecular flexibility index (Phi) is 6.89. The van der Waals surface area contributed by atoms with E-state index >= 15 is 0 Å². The lowest BCUT2D eigenvalue weighted by Gasteiger charge is -2.17. The molecular weight excluding hydrogens is 376 g/mol. The van der Waals surface area contributed by atoms with Crippen molar-refractivity contribution in [2.24, 2.45) is 0 Å². The quantitative estimate of drug-likeness (QED) is 0.573. The summed E-state index contributed by atoms with van der Waals surface area (Å²) in [5.74, 6) is 0.394. The highest BCUT2D eigenvalue weighted by Gasteiger charge is 2.10. The Balaban J connectivity index is 1.51. The average molecular weight is 399 g/mol. The summed E-state index contributed by atoms with van der Waals surface area (Å²) in [6.07, 6.45) is 1.40. The minimum Gasteiger partial charge on any atom is -0.508 e. The van der Waals surface area contributed by atoms with Crippen LogP contribution in [0.1, 0.15) is 17.5 Å². The molecular formula is C21H23F2N5O. The molecule has 8 heteroatoms. The van der Waals surface area contributed by atoms with E-state index in [0.717, 1.165) is 24.0 Å². The van der Waals surface area contributed by atoms with E-state index in [2.05, 4.69) is 20.3 Å². The molecule has 0 aliphatic heterocycles. The minimum absolute atomic E-state index is 0.177. The molecule has 29 heavy (non-hydrogen) atoms. The summed E-state index contributed by atoms with van der Waals surface area (Å²) in [6.45, 7) is 1.13. The molecule has 3 rings (SSSR count). The van der Waals surface area contributed by atoms with Crippen LogP contribution in [0.15, 0.2) is 48.5 Å². The van der Waals surface area contributed by atoms with Gasteiger partial charge in [0.1, 0.15) is 11.6 Å². The third-order valence-electron chi connectivity index (χ3n) is 4.44. The third-order valence-corrected chi connectivity index (χ3v) is 4.44. The van der Waals surface area contributed by atoms with E-state index in [4.69, 9.17) is 0 Å². The maximum Gasteiger partial charge on any atom is 0.315 e. The molecule has 0 atom stereocenters. The second kappa shape index (κ2) is 9.77. The average Bonchev–Trinajstić information content (AvgIpc) is 2.70. The number of aromatic nitrogens is 3. The van der Waals surface area contributed by atoms with Crippen molar-refractivity contribution in [2.45, 2.75) is 19.3 Å². The van der Waals surface area contributed by atoms with Crippen LogP contribution in [0.25, 0.3) is 0 Å². The molecule has 1 aromatic heterocycles. The molecule has 6 nitrogen and oxygen atoms in total. The largest absolute Gasteiger partial charge is 0.508 e. The summed E-state index contributed by atoms with van der Waals surface area (Å²) < 4.78 is 26.8. The predicted octanol–water partition coefficient (Wildman–Crippen LogP) is 3.58. The molecule has 0 fully saturated rings. The van der Waals surface area contributed by atoms with Crippen LogP contribution in [0.5, 0.6) is 5.75 Å². The number of phenols is 1. The van der Waals surface area contributed by atoms with Crippen molar-refractivity contribution in [2.75, 3.05) is 30.4 Å².